The molecule has 142 valence electrons. The number of rotatable bonds is 8. The van der Waals surface area contributed by atoms with Crippen molar-refractivity contribution in [3.63, 3.8) is 0 Å². The quantitative estimate of drug-likeness (QED) is 0.514. The molecule has 8 heteroatoms. The number of aryl methyl sites for hydroxylation is 1. The monoisotopic (exact) mass is 404 g/mol. The third-order valence-corrected chi connectivity index (χ3v) is 7.04. The summed E-state index contributed by atoms with van der Waals surface area (Å²) in [6.45, 7) is 4.27. The summed E-state index contributed by atoms with van der Waals surface area (Å²) in [6, 6.07) is 11.1. The summed E-state index contributed by atoms with van der Waals surface area (Å²) in [5.74, 6) is 0. The van der Waals surface area contributed by atoms with E-state index in [0.717, 1.165) is 10.3 Å². The van der Waals surface area contributed by atoms with E-state index in [1.165, 1.54) is 11.3 Å². The van der Waals surface area contributed by atoms with Crippen molar-refractivity contribution < 1.29 is 13.6 Å². The van der Waals surface area contributed by atoms with Crippen molar-refractivity contribution in [2.45, 2.75) is 20.3 Å². The van der Waals surface area contributed by atoms with E-state index >= 15 is 0 Å². The average molecular weight is 404 g/mol. The van der Waals surface area contributed by atoms with Gasteiger partial charge in [0.15, 0.2) is 0 Å². The highest BCUT2D eigenvalue weighted by Crippen LogP contribution is 2.48. The van der Waals surface area contributed by atoms with Crippen LogP contribution in [-0.4, -0.2) is 29.3 Å². The molecule has 0 unspecified atom stereocenters. The van der Waals surface area contributed by atoms with E-state index in [4.69, 9.17) is 9.05 Å². The molecule has 0 aliphatic rings. The van der Waals surface area contributed by atoms with Gasteiger partial charge < -0.3 is 9.05 Å². The first-order valence-electron chi connectivity index (χ1n) is 8.78. The Morgan fingerprint density at radius 2 is 1.85 bits per heavy atom. The lowest BCUT2D eigenvalue weighted by atomic mass is 10.2. The second-order valence-corrected chi connectivity index (χ2v) is 9.01. The Balaban J connectivity index is 1.86. The smallest absolute Gasteiger partial charge is 0.309 e. The van der Waals surface area contributed by atoms with Crippen LogP contribution in [0.2, 0.25) is 0 Å². The fraction of sp³-hybridized carbons (Fsp3) is 0.316. The Morgan fingerprint density at radius 3 is 2.59 bits per heavy atom. The predicted molar refractivity (Wildman–Crippen MR) is 109 cm³/mol. The van der Waals surface area contributed by atoms with Crippen LogP contribution in [0.1, 0.15) is 19.4 Å². The molecule has 0 fully saturated rings. The van der Waals surface area contributed by atoms with Gasteiger partial charge in [0.25, 0.3) is 5.56 Å². The summed E-state index contributed by atoms with van der Waals surface area (Å²) in [7, 11) is -3.10. The van der Waals surface area contributed by atoms with Gasteiger partial charge in [0.1, 0.15) is 5.01 Å². The van der Waals surface area contributed by atoms with E-state index in [2.05, 4.69) is 9.97 Å². The molecule has 2 heterocycles. The number of nitrogens with zero attached hydrogens (tertiary/aromatic N) is 2. The zero-order chi connectivity index (χ0) is 19.3. The van der Waals surface area contributed by atoms with Crippen molar-refractivity contribution in [2.75, 3.05) is 19.4 Å². The fourth-order valence-corrected chi connectivity index (χ4v) is 5.31. The molecule has 0 saturated heterocycles. The fourth-order valence-electron chi connectivity index (χ4n) is 2.69. The molecule has 0 N–H and O–H groups in total. The standard InChI is InChI=1S/C19H21N2O4PS/c1-3-24-26(23,25-4-2)12-10-14-9-11-20-16(13-14)19-21-18(22)15-7-5-6-8-17(15)27-19/h5-9,11,13H,3-4,10,12H2,1-2H3. The molecule has 2 aromatic heterocycles. The highest BCUT2D eigenvalue weighted by Gasteiger charge is 2.23. The van der Waals surface area contributed by atoms with E-state index in [1.54, 1.807) is 26.1 Å². The molecule has 0 amide bonds. The van der Waals surface area contributed by atoms with Crippen molar-refractivity contribution in [2.24, 2.45) is 0 Å². The minimum Gasteiger partial charge on any atom is -0.309 e. The van der Waals surface area contributed by atoms with Crippen LogP contribution < -0.4 is 5.56 Å². The molecule has 0 saturated carbocycles. The van der Waals surface area contributed by atoms with Crippen LogP contribution in [0.3, 0.4) is 0 Å². The van der Waals surface area contributed by atoms with E-state index < -0.39 is 7.60 Å². The van der Waals surface area contributed by atoms with Crippen LogP contribution in [0.4, 0.5) is 0 Å². The molecule has 0 atom stereocenters. The van der Waals surface area contributed by atoms with E-state index in [0.29, 0.717) is 41.9 Å². The molecule has 0 radical (unpaired) electrons. The second-order valence-electron chi connectivity index (χ2n) is 5.79. The molecule has 6 nitrogen and oxygen atoms in total. The van der Waals surface area contributed by atoms with Crippen LogP contribution >= 0.6 is 18.9 Å². The highest BCUT2D eigenvalue weighted by atomic mass is 32.1. The van der Waals surface area contributed by atoms with Crippen molar-refractivity contribution in [3.8, 4) is 10.7 Å². The van der Waals surface area contributed by atoms with Gasteiger partial charge in [-0.15, -0.1) is 11.3 Å². The summed E-state index contributed by atoms with van der Waals surface area (Å²) in [6.07, 6.45) is 2.49. The van der Waals surface area contributed by atoms with Gasteiger partial charge in [-0.1, -0.05) is 12.1 Å². The molecular weight excluding hydrogens is 383 g/mol. The maximum atomic E-state index is 12.6. The third-order valence-electron chi connectivity index (χ3n) is 3.90. The number of pyridine rings is 1. The number of aromatic nitrogens is 2. The summed E-state index contributed by atoms with van der Waals surface area (Å²) in [5, 5.41) is 1.18. The molecule has 3 rings (SSSR count). The van der Waals surface area contributed by atoms with Crippen LogP contribution in [0.5, 0.6) is 0 Å². The summed E-state index contributed by atoms with van der Waals surface area (Å²) in [4.78, 5) is 20.8. The predicted octanol–water partition coefficient (Wildman–Crippen LogP) is 4.53. The van der Waals surface area contributed by atoms with Gasteiger partial charge in [-0.05, 0) is 50.1 Å². The number of benzene rings is 1. The van der Waals surface area contributed by atoms with Gasteiger partial charge in [0.2, 0.25) is 0 Å². The zero-order valence-corrected chi connectivity index (χ0v) is 17.0. The Morgan fingerprint density at radius 1 is 1.11 bits per heavy atom. The number of hydrogen-bond donors (Lipinski definition) is 0. The maximum Gasteiger partial charge on any atom is 0.330 e. The van der Waals surface area contributed by atoms with Gasteiger partial charge >= 0.3 is 7.60 Å². The molecule has 0 aliphatic carbocycles. The van der Waals surface area contributed by atoms with Crippen molar-refractivity contribution in [1.82, 2.24) is 9.97 Å². The first kappa shape index (κ1) is 19.8. The number of fused-ring (bicyclic) bond motifs is 1. The first-order chi connectivity index (χ1) is 13.0. The second kappa shape index (κ2) is 8.85. The lowest BCUT2D eigenvalue weighted by Crippen LogP contribution is -2.06. The Kier molecular flexibility index (Phi) is 6.50. The molecule has 1 aromatic carbocycles. The molecule has 3 aromatic rings. The van der Waals surface area contributed by atoms with Gasteiger partial charge in [-0.2, -0.15) is 4.98 Å². The first-order valence-corrected chi connectivity index (χ1v) is 11.3. The number of hydrogen-bond acceptors (Lipinski definition) is 7. The van der Waals surface area contributed by atoms with Crippen LogP contribution in [-0.2, 0) is 20.0 Å². The van der Waals surface area contributed by atoms with Crippen LogP contribution in [0.25, 0.3) is 20.8 Å². The van der Waals surface area contributed by atoms with Crippen molar-refractivity contribution in [3.05, 3.63) is 58.5 Å². The largest absolute Gasteiger partial charge is 0.330 e. The van der Waals surface area contributed by atoms with Gasteiger partial charge in [-0.3, -0.25) is 14.3 Å². The van der Waals surface area contributed by atoms with E-state index in [-0.39, 0.29) is 5.56 Å². The summed E-state index contributed by atoms with van der Waals surface area (Å²) in [5.41, 5.74) is 1.31. The van der Waals surface area contributed by atoms with Crippen LogP contribution in [0, 0.1) is 0 Å². The van der Waals surface area contributed by atoms with Gasteiger partial charge in [-0.25, -0.2) is 0 Å². The van der Waals surface area contributed by atoms with Gasteiger partial charge in [0.05, 0.1) is 30.5 Å². The maximum absolute atomic E-state index is 12.6. The third kappa shape index (κ3) is 4.87. The Bertz CT molecular complexity index is 1030. The lowest BCUT2D eigenvalue weighted by molar-refractivity contribution is 0.220. The summed E-state index contributed by atoms with van der Waals surface area (Å²) < 4.78 is 24.2. The highest BCUT2D eigenvalue weighted by molar-refractivity contribution is 7.53. The molecule has 0 spiro atoms. The van der Waals surface area contributed by atoms with E-state index in [9.17, 15) is 9.36 Å². The Hall–Kier alpha value is -1.92. The minimum atomic E-state index is -3.10. The molecule has 27 heavy (non-hydrogen) atoms. The van der Waals surface area contributed by atoms with Crippen molar-refractivity contribution >= 4 is 29.0 Å². The molecule has 0 aliphatic heterocycles. The zero-order valence-electron chi connectivity index (χ0n) is 15.3. The topological polar surface area (TPSA) is 78.4 Å². The minimum absolute atomic E-state index is 0.260. The summed E-state index contributed by atoms with van der Waals surface area (Å²) >= 11 is 1.42. The lowest BCUT2D eigenvalue weighted by Gasteiger charge is -2.16. The SMILES string of the molecule is CCOP(=O)(CCc1ccnc(-c2nc(=O)c3ccccc3s2)c1)OCC. The average Bonchev–Trinajstić information content (AvgIpc) is 2.67. The van der Waals surface area contributed by atoms with Crippen molar-refractivity contribution in [1.29, 1.82) is 0 Å². The molecular formula is C19H21N2O4PS. The van der Waals surface area contributed by atoms with E-state index in [1.807, 2.05) is 30.3 Å². The molecule has 0 bridgehead atoms. The normalized spacial score (nSPS) is 11.8. The van der Waals surface area contributed by atoms with Gasteiger partial charge in [0, 0.05) is 10.9 Å². The Labute approximate surface area is 161 Å². The van der Waals surface area contributed by atoms with Crippen LogP contribution in [0.15, 0.2) is 47.4 Å².